The molecule has 0 aliphatic rings. The number of nitrogens with two attached hydrogens (primary N) is 1. The van der Waals surface area contributed by atoms with E-state index in [2.05, 4.69) is 6.58 Å². The van der Waals surface area contributed by atoms with Gasteiger partial charge in [0, 0.05) is 0 Å². The molecule has 0 aromatic heterocycles. The third kappa shape index (κ3) is 1.81. The average molecular weight is 179 g/mol. The van der Waals surface area contributed by atoms with E-state index in [1.807, 2.05) is 0 Å². The first kappa shape index (κ1) is 9.61. The second-order valence-electron chi connectivity index (χ2n) is 2.65. The van der Waals surface area contributed by atoms with Crippen LogP contribution in [0.2, 0.25) is 0 Å². The summed E-state index contributed by atoms with van der Waals surface area (Å²) in [6, 6.07) is 4.61. The van der Waals surface area contributed by atoms with Crippen molar-refractivity contribution in [2.75, 3.05) is 7.11 Å². The van der Waals surface area contributed by atoms with E-state index in [4.69, 9.17) is 10.5 Å². The van der Waals surface area contributed by atoms with E-state index < -0.39 is 6.04 Å². The molecule has 3 N–H and O–H groups in total. The van der Waals surface area contributed by atoms with Gasteiger partial charge in [0.25, 0.3) is 0 Å². The van der Waals surface area contributed by atoms with Crippen LogP contribution < -0.4 is 10.5 Å². The Labute approximate surface area is 77.4 Å². The molecule has 3 heteroatoms. The maximum absolute atomic E-state index is 9.52. The van der Waals surface area contributed by atoms with Crippen molar-refractivity contribution in [3.05, 3.63) is 36.4 Å². The fourth-order valence-electron chi connectivity index (χ4n) is 1.16. The number of rotatable bonds is 3. The predicted molar refractivity (Wildman–Crippen MR) is 51.8 cm³/mol. The van der Waals surface area contributed by atoms with Gasteiger partial charge in [0.1, 0.15) is 11.5 Å². The zero-order valence-electron chi connectivity index (χ0n) is 7.53. The van der Waals surface area contributed by atoms with Crippen LogP contribution in [0, 0.1) is 0 Å². The number of hydrogen-bond acceptors (Lipinski definition) is 3. The van der Waals surface area contributed by atoms with E-state index in [1.54, 1.807) is 24.3 Å². The number of methoxy groups -OCH3 is 1. The first-order chi connectivity index (χ1) is 6.20. The Morgan fingerprint density at radius 3 is 2.85 bits per heavy atom. The van der Waals surface area contributed by atoms with Gasteiger partial charge in [-0.2, -0.15) is 0 Å². The predicted octanol–water partition coefficient (Wildman–Crippen LogP) is 1.59. The third-order valence-electron chi connectivity index (χ3n) is 1.85. The summed E-state index contributed by atoms with van der Waals surface area (Å²) in [4.78, 5) is 0. The van der Waals surface area contributed by atoms with Crippen LogP contribution in [0.1, 0.15) is 11.6 Å². The molecule has 0 fully saturated rings. The highest BCUT2D eigenvalue weighted by Crippen LogP contribution is 2.32. The Morgan fingerprint density at radius 1 is 1.62 bits per heavy atom. The molecule has 1 aromatic rings. The highest BCUT2D eigenvalue weighted by molar-refractivity contribution is 5.47. The van der Waals surface area contributed by atoms with E-state index in [1.165, 1.54) is 7.11 Å². The van der Waals surface area contributed by atoms with Gasteiger partial charge >= 0.3 is 0 Å². The lowest BCUT2D eigenvalue weighted by atomic mass is 10.1. The van der Waals surface area contributed by atoms with Gasteiger partial charge in [0.2, 0.25) is 0 Å². The Bertz CT molecular complexity index is 310. The zero-order chi connectivity index (χ0) is 9.84. The van der Waals surface area contributed by atoms with Crippen LogP contribution in [0.3, 0.4) is 0 Å². The zero-order valence-corrected chi connectivity index (χ0v) is 7.53. The van der Waals surface area contributed by atoms with E-state index in [9.17, 15) is 5.11 Å². The van der Waals surface area contributed by atoms with Crippen molar-refractivity contribution in [2.45, 2.75) is 6.04 Å². The first-order valence-corrected chi connectivity index (χ1v) is 3.94. The fraction of sp³-hybridized carbons (Fsp3) is 0.200. The lowest BCUT2D eigenvalue weighted by Crippen LogP contribution is -2.08. The van der Waals surface area contributed by atoms with Crippen LogP contribution >= 0.6 is 0 Å². The Hall–Kier alpha value is -1.48. The molecule has 13 heavy (non-hydrogen) atoms. The topological polar surface area (TPSA) is 55.5 Å². The van der Waals surface area contributed by atoms with Gasteiger partial charge in [-0.3, -0.25) is 0 Å². The number of hydrogen-bond donors (Lipinski definition) is 2. The summed E-state index contributed by atoms with van der Waals surface area (Å²) in [5.74, 6) is 0.708. The SMILES string of the molecule is C=C[C@H](N)c1c(O)cccc1OC. The second-order valence-corrected chi connectivity index (χ2v) is 2.65. The lowest BCUT2D eigenvalue weighted by molar-refractivity contribution is 0.397. The molecule has 0 bridgehead atoms. The highest BCUT2D eigenvalue weighted by Gasteiger charge is 2.12. The Balaban J connectivity index is 3.22. The van der Waals surface area contributed by atoms with Gasteiger partial charge in [-0.15, -0.1) is 6.58 Å². The van der Waals surface area contributed by atoms with Crippen LogP contribution in [-0.2, 0) is 0 Å². The molecule has 70 valence electrons. The van der Waals surface area contributed by atoms with Crippen LogP contribution in [0.15, 0.2) is 30.9 Å². The summed E-state index contributed by atoms with van der Waals surface area (Å²) < 4.78 is 5.06. The Kier molecular flexibility index (Phi) is 2.93. The van der Waals surface area contributed by atoms with Gasteiger partial charge in [-0.1, -0.05) is 12.1 Å². The van der Waals surface area contributed by atoms with Crippen molar-refractivity contribution in [3.8, 4) is 11.5 Å². The molecular formula is C10H13NO2. The van der Waals surface area contributed by atoms with Crippen molar-refractivity contribution in [2.24, 2.45) is 5.73 Å². The second kappa shape index (κ2) is 3.96. The van der Waals surface area contributed by atoms with E-state index in [0.29, 0.717) is 11.3 Å². The number of ether oxygens (including phenoxy) is 1. The summed E-state index contributed by atoms with van der Waals surface area (Å²) >= 11 is 0. The van der Waals surface area contributed by atoms with Gasteiger partial charge in [-0.05, 0) is 12.1 Å². The van der Waals surface area contributed by atoms with Gasteiger partial charge < -0.3 is 15.6 Å². The quantitative estimate of drug-likeness (QED) is 0.693. The van der Waals surface area contributed by atoms with Crippen molar-refractivity contribution in [1.29, 1.82) is 0 Å². The monoisotopic (exact) mass is 179 g/mol. The highest BCUT2D eigenvalue weighted by atomic mass is 16.5. The minimum absolute atomic E-state index is 0.131. The molecule has 3 nitrogen and oxygen atoms in total. The van der Waals surface area contributed by atoms with Gasteiger partial charge in [-0.25, -0.2) is 0 Å². The summed E-state index contributed by atoms with van der Waals surface area (Å²) in [7, 11) is 1.54. The lowest BCUT2D eigenvalue weighted by Gasteiger charge is -2.13. The molecule has 1 rings (SSSR count). The average Bonchev–Trinajstić information content (AvgIpc) is 2.16. The van der Waals surface area contributed by atoms with Crippen molar-refractivity contribution >= 4 is 0 Å². The molecule has 0 heterocycles. The first-order valence-electron chi connectivity index (χ1n) is 3.94. The summed E-state index contributed by atoms with van der Waals surface area (Å²) in [5.41, 5.74) is 6.28. The maximum atomic E-state index is 9.52. The number of phenolic OH excluding ortho intramolecular Hbond substituents is 1. The molecule has 1 aromatic carbocycles. The van der Waals surface area contributed by atoms with Gasteiger partial charge in [0.15, 0.2) is 0 Å². The number of benzene rings is 1. The fourth-order valence-corrected chi connectivity index (χ4v) is 1.16. The van der Waals surface area contributed by atoms with Crippen LogP contribution in [0.5, 0.6) is 11.5 Å². The summed E-state index contributed by atoms with van der Waals surface area (Å²) in [5, 5.41) is 9.52. The van der Waals surface area contributed by atoms with Crippen molar-refractivity contribution in [3.63, 3.8) is 0 Å². The molecule has 0 saturated carbocycles. The number of aromatic hydroxyl groups is 1. The summed E-state index contributed by atoms with van der Waals surface area (Å²) in [6.07, 6.45) is 1.55. The minimum atomic E-state index is -0.406. The van der Waals surface area contributed by atoms with E-state index in [0.717, 1.165) is 0 Å². The molecule has 0 radical (unpaired) electrons. The largest absolute Gasteiger partial charge is 0.507 e. The smallest absolute Gasteiger partial charge is 0.127 e. The third-order valence-corrected chi connectivity index (χ3v) is 1.85. The molecule has 0 unspecified atom stereocenters. The molecule has 0 saturated heterocycles. The maximum Gasteiger partial charge on any atom is 0.127 e. The number of phenols is 1. The summed E-state index contributed by atoms with van der Waals surface area (Å²) in [6.45, 7) is 3.56. The van der Waals surface area contributed by atoms with Crippen LogP contribution in [0.4, 0.5) is 0 Å². The van der Waals surface area contributed by atoms with E-state index in [-0.39, 0.29) is 5.75 Å². The molecule has 0 spiro atoms. The van der Waals surface area contributed by atoms with Crippen LogP contribution in [0.25, 0.3) is 0 Å². The normalized spacial score (nSPS) is 12.2. The van der Waals surface area contributed by atoms with E-state index >= 15 is 0 Å². The molecule has 0 aliphatic carbocycles. The van der Waals surface area contributed by atoms with Crippen LogP contribution in [-0.4, -0.2) is 12.2 Å². The molecular weight excluding hydrogens is 166 g/mol. The molecule has 0 aliphatic heterocycles. The molecule has 0 amide bonds. The van der Waals surface area contributed by atoms with Crippen molar-refractivity contribution in [1.82, 2.24) is 0 Å². The molecule has 1 atom stereocenters. The van der Waals surface area contributed by atoms with Gasteiger partial charge in [0.05, 0.1) is 18.7 Å². The Morgan fingerprint density at radius 2 is 2.31 bits per heavy atom. The van der Waals surface area contributed by atoms with Crippen molar-refractivity contribution < 1.29 is 9.84 Å². The standard InChI is InChI=1S/C10H13NO2/c1-3-7(11)10-8(12)5-4-6-9(10)13-2/h3-7,12H,1,11H2,2H3/t7-/m0/s1. The minimum Gasteiger partial charge on any atom is -0.507 e.